The number of carbonyl (C=O) groups is 3. The summed E-state index contributed by atoms with van der Waals surface area (Å²) in [4.78, 5) is 34.8. The topological polar surface area (TPSA) is 96.5 Å². The Hall–Kier alpha value is -2.78. The second kappa shape index (κ2) is 9.24. The number of amides is 3. The van der Waals surface area contributed by atoms with Crippen LogP contribution < -0.4 is 16.0 Å². The highest BCUT2D eigenvalue weighted by atomic mass is 19.4. The molecule has 0 aromatic heterocycles. The third-order valence-electron chi connectivity index (χ3n) is 3.00. The molecule has 1 aromatic carbocycles. The molecule has 0 bridgehead atoms. The predicted molar refractivity (Wildman–Crippen MR) is 91.0 cm³/mol. The summed E-state index contributed by atoms with van der Waals surface area (Å²) in [6.07, 6.45) is -5.10. The Morgan fingerprint density at radius 1 is 0.926 bits per heavy atom. The molecule has 0 spiro atoms. The summed E-state index contributed by atoms with van der Waals surface area (Å²) in [6.45, 7) is 5.04. The molecule has 150 valence electrons. The quantitative estimate of drug-likeness (QED) is 0.649. The molecule has 0 aliphatic heterocycles. The van der Waals surface area contributed by atoms with Gasteiger partial charge in [0.05, 0.1) is 12.1 Å². The first kappa shape index (κ1) is 22.3. The first-order valence-electron chi connectivity index (χ1n) is 8.07. The highest BCUT2D eigenvalue weighted by molar-refractivity contribution is 5.96. The van der Waals surface area contributed by atoms with Crippen LogP contribution in [0.4, 0.5) is 18.0 Å². The van der Waals surface area contributed by atoms with Crippen molar-refractivity contribution in [2.75, 3.05) is 19.6 Å². The van der Waals surface area contributed by atoms with Crippen molar-refractivity contribution in [3.8, 4) is 0 Å². The van der Waals surface area contributed by atoms with Gasteiger partial charge in [0, 0.05) is 18.7 Å². The van der Waals surface area contributed by atoms with Crippen molar-refractivity contribution in [1.29, 1.82) is 0 Å². The first-order valence-corrected chi connectivity index (χ1v) is 8.07. The van der Waals surface area contributed by atoms with Crippen molar-refractivity contribution < 1.29 is 32.3 Å². The van der Waals surface area contributed by atoms with Gasteiger partial charge in [0.15, 0.2) is 0 Å². The van der Waals surface area contributed by atoms with E-state index >= 15 is 0 Å². The molecule has 0 aliphatic carbocycles. The molecule has 3 amide bonds. The zero-order valence-corrected chi connectivity index (χ0v) is 15.2. The van der Waals surface area contributed by atoms with Gasteiger partial charge >= 0.3 is 12.3 Å². The highest BCUT2D eigenvalue weighted by Gasteiger charge is 2.30. The van der Waals surface area contributed by atoms with E-state index in [-0.39, 0.29) is 25.2 Å². The molecule has 0 saturated carbocycles. The summed E-state index contributed by atoms with van der Waals surface area (Å²) in [6, 6.07) is 3.64. The Morgan fingerprint density at radius 2 is 1.48 bits per heavy atom. The molecule has 0 fully saturated rings. The van der Waals surface area contributed by atoms with Crippen LogP contribution in [0.15, 0.2) is 24.3 Å². The average molecular weight is 389 g/mol. The van der Waals surface area contributed by atoms with Crippen LogP contribution in [0.3, 0.4) is 0 Å². The summed E-state index contributed by atoms with van der Waals surface area (Å²) in [5, 5.41) is 7.20. The van der Waals surface area contributed by atoms with Crippen LogP contribution >= 0.6 is 0 Å². The van der Waals surface area contributed by atoms with Gasteiger partial charge in [-0.3, -0.25) is 9.59 Å². The van der Waals surface area contributed by atoms with Crippen molar-refractivity contribution >= 4 is 17.9 Å². The van der Waals surface area contributed by atoms with Gasteiger partial charge in [0.25, 0.3) is 5.91 Å². The Balaban J connectivity index is 2.30. The number of ether oxygens (including phenoxy) is 1. The number of hydrogen-bond acceptors (Lipinski definition) is 4. The van der Waals surface area contributed by atoms with Crippen molar-refractivity contribution in [3.63, 3.8) is 0 Å². The zero-order chi connectivity index (χ0) is 20.7. The fourth-order valence-electron chi connectivity index (χ4n) is 1.82. The van der Waals surface area contributed by atoms with Crippen LogP contribution in [-0.2, 0) is 15.7 Å². The van der Waals surface area contributed by atoms with E-state index < -0.39 is 35.2 Å². The summed E-state index contributed by atoms with van der Waals surface area (Å²) in [5.74, 6) is -1.19. The molecular weight excluding hydrogens is 367 g/mol. The second-order valence-corrected chi connectivity index (χ2v) is 6.54. The summed E-state index contributed by atoms with van der Waals surface area (Å²) < 4.78 is 42.4. The predicted octanol–water partition coefficient (Wildman–Crippen LogP) is 2.08. The molecule has 1 rings (SSSR count). The number of alkyl halides is 3. The Morgan fingerprint density at radius 3 is 2.00 bits per heavy atom. The number of benzene rings is 1. The molecule has 7 nitrogen and oxygen atoms in total. The molecule has 0 unspecified atom stereocenters. The van der Waals surface area contributed by atoms with Crippen molar-refractivity contribution in [3.05, 3.63) is 35.4 Å². The van der Waals surface area contributed by atoms with E-state index in [1.807, 2.05) is 0 Å². The van der Waals surface area contributed by atoms with E-state index in [0.29, 0.717) is 0 Å². The van der Waals surface area contributed by atoms with Gasteiger partial charge in [0.2, 0.25) is 5.91 Å². The molecule has 3 N–H and O–H groups in total. The molecular formula is C17H22F3N3O4. The van der Waals surface area contributed by atoms with E-state index in [1.54, 1.807) is 20.8 Å². The Kier molecular flexibility index (Phi) is 7.62. The Labute approximate surface area is 154 Å². The lowest BCUT2D eigenvalue weighted by atomic mass is 10.1. The van der Waals surface area contributed by atoms with Crippen LogP contribution in [0, 0.1) is 0 Å². The van der Waals surface area contributed by atoms with E-state index in [0.717, 1.165) is 24.3 Å². The van der Waals surface area contributed by atoms with Crippen molar-refractivity contribution in [2.24, 2.45) is 0 Å². The molecule has 0 heterocycles. The first-order chi connectivity index (χ1) is 12.4. The second-order valence-electron chi connectivity index (χ2n) is 6.54. The van der Waals surface area contributed by atoms with Gasteiger partial charge in [-0.25, -0.2) is 4.79 Å². The van der Waals surface area contributed by atoms with E-state index in [4.69, 9.17) is 4.74 Å². The highest BCUT2D eigenvalue weighted by Crippen LogP contribution is 2.29. The van der Waals surface area contributed by atoms with Gasteiger partial charge < -0.3 is 20.7 Å². The summed E-state index contributed by atoms with van der Waals surface area (Å²) in [5.41, 5.74) is -1.49. The fourth-order valence-corrected chi connectivity index (χ4v) is 1.82. The molecule has 0 saturated heterocycles. The molecule has 0 radical (unpaired) electrons. The Bertz CT molecular complexity index is 667. The third kappa shape index (κ3) is 8.93. The van der Waals surface area contributed by atoms with E-state index in [9.17, 15) is 27.6 Å². The molecule has 0 atom stereocenters. The summed E-state index contributed by atoms with van der Waals surface area (Å²) in [7, 11) is 0. The monoisotopic (exact) mass is 389 g/mol. The maximum absolute atomic E-state index is 12.5. The smallest absolute Gasteiger partial charge is 0.416 e. The zero-order valence-electron chi connectivity index (χ0n) is 15.2. The SMILES string of the molecule is CC(C)(C)OC(=O)NCCNC(=O)CNC(=O)c1ccc(C(F)(F)F)cc1. The minimum atomic E-state index is -4.48. The van der Waals surface area contributed by atoms with Crippen LogP contribution in [-0.4, -0.2) is 43.1 Å². The van der Waals surface area contributed by atoms with Crippen LogP contribution in [0.5, 0.6) is 0 Å². The number of alkyl carbamates (subject to hydrolysis) is 1. The van der Waals surface area contributed by atoms with E-state index in [1.165, 1.54) is 0 Å². The van der Waals surface area contributed by atoms with Gasteiger partial charge in [-0.1, -0.05) is 0 Å². The van der Waals surface area contributed by atoms with Crippen molar-refractivity contribution in [2.45, 2.75) is 32.5 Å². The standard InChI is InChI=1S/C17H22F3N3O4/c1-16(2,3)27-15(26)22-9-8-21-13(24)10-23-14(25)11-4-6-12(7-5-11)17(18,19)20/h4-7H,8-10H2,1-3H3,(H,21,24)(H,22,26)(H,23,25). The number of rotatable bonds is 6. The maximum atomic E-state index is 12.5. The van der Waals surface area contributed by atoms with Crippen LogP contribution in [0.25, 0.3) is 0 Å². The summed E-state index contributed by atoms with van der Waals surface area (Å²) >= 11 is 0. The van der Waals surface area contributed by atoms with Gasteiger partial charge in [-0.2, -0.15) is 13.2 Å². The molecule has 10 heteroatoms. The van der Waals surface area contributed by atoms with Gasteiger partial charge in [0.1, 0.15) is 5.60 Å². The maximum Gasteiger partial charge on any atom is 0.416 e. The minimum absolute atomic E-state index is 0.00222. The largest absolute Gasteiger partial charge is 0.444 e. The third-order valence-corrected chi connectivity index (χ3v) is 3.00. The lowest BCUT2D eigenvalue weighted by Crippen LogP contribution is -2.41. The normalized spacial score (nSPS) is 11.5. The number of hydrogen-bond donors (Lipinski definition) is 3. The van der Waals surface area contributed by atoms with Gasteiger partial charge in [-0.15, -0.1) is 0 Å². The molecule has 0 aliphatic rings. The molecule has 27 heavy (non-hydrogen) atoms. The fraction of sp³-hybridized carbons (Fsp3) is 0.471. The van der Waals surface area contributed by atoms with E-state index in [2.05, 4.69) is 16.0 Å². The lowest BCUT2D eigenvalue weighted by molar-refractivity contribution is -0.137. The van der Waals surface area contributed by atoms with Crippen LogP contribution in [0.2, 0.25) is 0 Å². The van der Waals surface area contributed by atoms with Gasteiger partial charge in [-0.05, 0) is 45.0 Å². The average Bonchev–Trinajstić information content (AvgIpc) is 2.54. The number of nitrogens with one attached hydrogen (secondary N) is 3. The molecule has 1 aromatic rings. The number of halogens is 3. The number of carbonyl (C=O) groups excluding carboxylic acids is 3. The lowest BCUT2D eigenvalue weighted by Gasteiger charge is -2.19. The van der Waals surface area contributed by atoms with Crippen LogP contribution in [0.1, 0.15) is 36.7 Å². The minimum Gasteiger partial charge on any atom is -0.444 e. The van der Waals surface area contributed by atoms with Crippen molar-refractivity contribution in [1.82, 2.24) is 16.0 Å².